The zero-order valence-electron chi connectivity index (χ0n) is 11.3. The fourth-order valence-electron chi connectivity index (χ4n) is 1.53. The highest BCUT2D eigenvalue weighted by atomic mass is 32.2. The average molecular weight is 244 g/mol. The van der Waals surface area contributed by atoms with Crippen LogP contribution in [0, 0.1) is 0 Å². The molecule has 0 spiro atoms. The molecule has 0 rings (SSSR count). The van der Waals surface area contributed by atoms with Gasteiger partial charge in [-0.1, -0.05) is 52.9 Å². The summed E-state index contributed by atoms with van der Waals surface area (Å²) in [5.41, 5.74) is 0. The van der Waals surface area contributed by atoms with Crippen LogP contribution in [0.3, 0.4) is 0 Å². The van der Waals surface area contributed by atoms with E-state index in [2.05, 4.69) is 20.8 Å². The maximum Gasteiger partial charge on any atom is 0.142 e. The highest BCUT2D eigenvalue weighted by molar-refractivity contribution is 8.00. The van der Waals surface area contributed by atoms with E-state index in [0.29, 0.717) is 11.0 Å². The second-order valence-corrected chi connectivity index (χ2v) is 6.01. The zero-order valence-corrected chi connectivity index (χ0v) is 12.1. The molecule has 1 atom stereocenters. The Morgan fingerprint density at radius 1 is 1.06 bits per heavy atom. The van der Waals surface area contributed by atoms with Gasteiger partial charge in [0.25, 0.3) is 0 Å². The van der Waals surface area contributed by atoms with E-state index >= 15 is 0 Å². The smallest absolute Gasteiger partial charge is 0.142 e. The third-order valence-corrected chi connectivity index (χ3v) is 4.30. The molecule has 0 amide bonds. The van der Waals surface area contributed by atoms with E-state index in [9.17, 15) is 4.79 Å². The van der Waals surface area contributed by atoms with Crippen molar-refractivity contribution in [3.05, 3.63) is 0 Å². The predicted molar refractivity (Wildman–Crippen MR) is 75.2 cm³/mol. The number of hydrogen-bond acceptors (Lipinski definition) is 2. The molecule has 1 nitrogen and oxygen atoms in total. The Morgan fingerprint density at radius 2 is 1.69 bits per heavy atom. The number of thioether (sulfide) groups is 1. The molecule has 16 heavy (non-hydrogen) atoms. The zero-order chi connectivity index (χ0) is 12.2. The monoisotopic (exact) mass is 244 g/mol. The molecule has 0 aromatic heterocycles. The van der Waals surface area contributed by atoms with E-state index in [1.807, 2.05) is 0 Å². The first-order valence-corrected chi connectivity index (χ1v) is 7.88. The van der Waals surface area contributed by atoms with Crippen LogP contribution in [0.15, 0.2) is 0 Å². The molecule has 0 N–H and O–H groups in total. The van der Waals surface area contributed by atoms with Gasteiger partial charge in [0.15, 0.2) is 0 Å². The van der Waals surface area contributed by atoms with Crippen molar-refractivity contribution in [2.75, 3.05) is 5.75 Å². The molecule has 1 unspecified atom stereocenters. The molecule has 0 bridgehead atoms. The van der Waals surface area contributed by atoms with Crippen molar-refractivity contribution < 1.29 is 4.79 Å². The second kappa shape index (κ2) is 11.5. The topological polar surface area (TPSA) is 17.1 Å². The lowest BCUT2D eigenvalue weighted by Crippen LogP contribution is -2.05. The minimum Gasteiger partial charge on any atom is -0.299 e. The van der Waals surface area contributed by atoms with Gasteiger partial charge >= 0.3 is 0 Å². The molecule has 96 valence electrons. The number of unbranched alkanes of at least 4 members (excludes halogenated alkanes) is 5. The number of rotatable bonds is 11. The summed E-state index contributed by atoms with van der Waals surface area (Å²) in [6.07, 6.45) is 9.59. The third-order valence-electron chi connectivity index (χ3n) is 2.91. The van der Waals surface area contributed by atoms with E-state index in [1.165, 1.54) is 32.1 Å². The molecular formula is C14H28OS. The van der Waals surface area contributed by atoms with Gasteiger partial charge in [-0.2, -0.15) is 11.8 Å². The van der Waals surface area contributed by atoms with Gasteiger partial charge in [0.2, 0.25) is 0 Å². The molecular weight excluding hydrogens is 216 g/mol. The Morgan fingerprint density at radius 3 is 2.31 bits per heavy atom. The highest BCUT2D eigenvalue weighted by Gasteiger charge is 2.05. The number of carbonyl (C=O) groups excluding carboxylic acids is 1. The summed E-state index contributed by atoms with van der Waals surface area (Å²) in [6.45, 7) is 6.61. The number of hydrogen-bond donors (Lipinski definition) is 0. The first-order chi connectivity index (χ1) is 7.70. The van der Waals surface area contributed by atoms with E-state index in [0.717, 1.165) is 25.0 Å². The van der Waals surface area contributed by atoms with Crippen LogP contribution in [0.5, 0.6) is 0 Å². The van der Waals surface area contributed by atoms with Crippen LogP contribution in [0.2, 0.25) is 0 Å². The maximum atomic E-state index is 11.5. The van der Waals surface area contributed by atoms with E-state index < -0.39 is 0 Å². The van der Waals surface area contributed by atoms with Crippen molar-refractivity contribution in [3.63, 3.8) is 0 Å². The summed E-state index contributed by atoms with van der Waals surface area (Å²) < 4.78 is 0. The predicted octanol–water partition coefficient (Wildman–Crippen LogP) is 4.84. The van der Waals surface area contributed by atoms with Crippen LogP contribution in [0.1, 0.15) is 72.1 Å². The van der Waals surface area contributed by atoms with Crippen LogP contribution >= 0.6 is 11.8 Å². The Hall–Kier alpha value is 0.0200. The molecule has 0 radical (unpaired) electrons. The minimum atomic E-state index is 0.445. The Labute approximate surface area is 106 Å². The summed E-state index contributed by atoms with van der Waals surface area (Å²) in [5, 5.41) is 0.633. The first kappa shape index (κ1) is 16.0. The number of Topliss-reactive ketones (excluding diaryl/α,β-unsaturated/α-hetero) is 1. The van der Waals surface area contributed by atoms with E-state index in [-0.39, 0.29) is 0 Å². The van der Waals surface area contributed by atoms with Crippen LogP contribution in [-0.2, 0) is 4.79 Å². The summed E-state index contributed by atoms with van der Waals surface area (Å²) in [4.78, 5) is 11.5. The van der Waals surface area contributed by atoms with Crippen molar-refractivity contribution in [1.82, 2.24) is 0 Å². The largest absolute Gasteiger partial charge is 0.299 e. The highest BCUT2D eigenvalue weighted by Crippen LogP contribution is 2.15. The standard InChI is InChI=1S/C14H28OS/c1-4-6-7-8-9-10-11-14(15)12-16-13(3)5-2/h13H,4-12H2,1-3H3. The Bertz CT molecular complexity index is 168. The molecule has 0 aliphatic carbocycles. The lowest BCUT2D eigenvalue weighted by Gasteiger charge is -2.06. The molecule has 0 aliphatic heterocycles. The molecule has 2 heteroatoms. The van der Waals surface area contributed by atoms with Gasteiger partial charge in [-0.3, -0.25) is 4.79 Å². The van der Waals surface area contributed by atoms with Gasteiger partial charge in [-0.15, -0.1) is 0 Å². The van der Waals surface area contributed by atoms with Gasteiger partial charge in [-0.25, -0.2) is 0 Å². The average Bonchev–Trinajstić information content (AvgIpc) is 2.30. The van der Waals surface area contributed by atoms with E-state index in [1.54, 1.807) is 11.8 Å². The second-order valence-electron chi connectivity index (χ2n) is 4.59. The normalized spacial score (nSPS) is 12.7. The van der Waals surface area contributed by atoms with Gasteiger partial charge in [-0.05, 0) is 12.8 Å². The lowest BCUT2D eigenvalue weighted by atomic mass is 10.1. The van der Waals surface area contributed by atoms with Crippen LogP contribution in [-0.4, -0.2) is 16.8 Å². The van der Waals surface area contributed by atoms with Crippen molar-refractivity contribution in [3.8, 4) is 0 Å². The summed E-state index contributed by atoms with van der Waals surface area (Å²) in [5.74, 6) is 1.17. The van der Waals surface area contributed by atoms with Crippen molar-refractivity contribution in [2.24, 2.45) is 0 Å². The van der Waals surface area contributed by atoms with Crippen LogP contribution in [0.25, 0.3) is 0 Å². The maximum absolute atomic E-state index is 11.5. The first-order valence-electron chi connectivity index (χ1n) is 6.84. The Kier molecular flexibility index (Phi) is 11.5. The molecule has 0 aromatic carbocycles. The fraction of sp³-hybridized carbons (Fsp3) is 0.929. The minimum absolute atomic E-state index is 0.445. The molecule has 0 aliphatic rings. The van der Waals surface area contributed by atoms with E-state index in [4.69, 9.17) is 0 Å². The molecule has 0 saturated carbocycles. The quantitative estimate of drug-likeness (QED) is 0.484. The van der Waals surface area contributed by atoms with Crippen molar-refractivity contribution in [2.45, 2.75) is 77.4 Å². The van der Waals surface area contributed by atoms with Crippen LogP contribution < -0.4 is 0 Å². The van der Waals surface area contributed by atoms with Gasteiger partial charge in [0.05, 0.1) is 5.75 Å². The number of carbonyl (C=O) groups is 1. The Balaban J connectivity index is 3.24. The van der Waals surface area contributed by atoms with Crippen molar-refractivity contribution in [1.29, 1.82) is 0 Å². The molecule has 0 heterocycles. The summed E-state index contributed by atoms with van der Waals surface area (Å²) >= 11 is 1.81. The van der Waals surface area contributed by atoms with Crippen molar-refractivity contribution >= 4 is 17.5 Å². The molecule has 0 fully saturated rings. The lowest BCUT2D eigenvalue weighted by molar-refractivity contribution is -0.116. The third kappa shape index (κ3) is 10.5. The fourth-order valence-corrected chi connectivity index (χ4v) is 2.38. The van der Waals surface area contributed by atoms with Gasteiger partial charge in [0.1, 0.15) is 5.78 Å². The molecule has 0 aromatic rings. The number of ketones is 1. The SMILES string of the molecule is CCCCCCCCC(=O)CSC(C)CC. The summed E-state index contributed by atoms with van der Waals surface area (Å²) in [7, 11) is 0. The summed E-state index contributed by atoms with van der Waals surface area (Å²) in [6, 6.07) is 0. The van der Waals surface area contributed by atoms with Crippen LogP contribution in [0.4, 0.5) is 0 Å². The van der Waals surface area contributed by atoms with Gasteiger partial charge in [0, 0.05) is 11.7 Å². The molecule has 0 saturated heterocycles. The van der Waals surface area contributed by atoms with Gasteiger partial charge < -0.3 is 0 Å².